The molecular formula is C25H35NO3. The molecule has 2 aromatic carbocycles. The molecule has 1 saturated carbocycles. The number of carbonyl (C=O) groups is 1. The van der Waals surface area contributed by atoms with Crippen molar-refractivity contribution in [2.45, 2.75) is 77.9 Å². The van der Waals surface area contributed by atoms with E-state index in [9.17, 15) is 4.79 Å². The van der Waals surface area contributed by atoms with E-state index < -0.39 is 5.97 Å². The summed E-state index contributed by atoms with van der Waals surface area (Å²) in [4.78, 5) is 10.7. The number of hydrogen-bond acceptors (Lipinski definition) is 3. The molecule has 1 fully saturated rings. The predicted octanol–water partition coefficient (Wildman–Crippen LogP) is 5.88. The Morgan fingerprint density at radius 1 is 1.14 bits per heavy atom. The van der Waals surface area contributed by atoms with Crippen LogP contribution in [0.15, 0.2) is 30.3 Å². The minimum Gasteiger partial charge on any atom is -0.490 e. The molecule has 2 N–H and O–H groups in total. The molecule has 0 amide bonds. The van der Waals surface area contributed by atoms with Crippen LogP contribution in [0, 0.1) is 5.92 Å². The van der Waals surface area contributed by atoms with E-state index >= 15 is 0 Å². The van der Waals surface area contributed by atoms with Crippen LogP contribution < -0.4 is 10.1 Å². The summed E-state index contributed by atoms with van der Waals surface area (Å²) in [6, 6.07) is 10.8. The van der Waals surface area contributed by atoms with Crippen molar-refractivity contribution in [1.82, 2.24) is 5.32 Å². The van der Waals surface area contributed by atoms with E-state index in [2.05, 4.69) is 56.4 Å². The highest BCUT2D eigenvalue weighted by Gasteiger charge is 2.22. The zero-order valence-electron chi connectivity index (χ0n) is 18.0. The van der Waals surface area contributed by atoms with Gasteiger partial charge in [0, 0.05) is 18.5 Å². The Morgan fingerprint density at radius 2 is 1.90 bits per heavy atom. The highest BCUT2D eigenvalue weighted by Crippen LogP contribution is 2.37. The lowest BCUT2D eigenvalue weighted by Gasteiger charge is -2.28. The lowest BCUT2D eigenvalue weighted by molar-refractivity contribution is -0.137. The van der Waals surface area contributed by atoms with Crippen molar-refractivity contribution in [3.8, 4) is 5.75 Å². The molecule has 0 bridgehead atoms. The van der Waals surface area contributed by atoms with Crippen LogP contribution in [0.25, 0.3) is 10.8 Å². The molecule has 0 aliphatic heterocycles. The molecule has 1 aliphatic carbocycles. The lowest BCUT2D eigenvalue weighted by Crippen LogP contribution is -2.23. The second-order valence-electron chi connectivity index (χ2n) is 8.82. The molecule has 0 saturated heterocycles. The van der Waals surface area contributed by atoms with Crippen LogP contribution in [0.1, 0.15) is 76.3 Å². The third-order valence-electron chi connectivity index (χ3n) is 6.05. The maximum atomic E-state index is 10.7. The van der Waals surface area contributed by atoms with Gasteiger partial charge >= 0.3 is 5.97 Å². The summed E-state index contributed by atoms with van der Waals surface area (Å²) in [6.07, 6.45) is 6.00. The molecule has 0 heterocycles. The van der Waals surface area contributed by atoms with Crippen molar-refractivity contribution < 1.29 is 14.6 Å². The van der Waals surface area contributed by atoms with Crippen LogP contribution >= 0.6 is 0 Å². The van der Waals surface area contributed by atoms with Gasteiger partial charge < -0.3 is 15.2 Å². The topological polar surface area (TPSA) is 58.6 Å². The Kier molecular flexibility index (Phi) is 7.54. The summed E-state index contributed by atoms with van der Waals surface area (Å²) in [7, 11) is 0. The molecule has 158 valence electrons. The molecule has 0 radical (unpaired) electrons. The number of fused-ring (bicyclic) bond motifs is 1. The van der Waals surface area contributed by atoms with Gasteiger partial charge in [0.1, 0.15) is 5.75 Å². The molecule has 0 atom stereocenters. The van der Waals surface area contributed by atoms with Crippen molar-refractivity contribution in [3.63, 3.8) is 0 Å². The maximum absolute atomic E-state index is 10.7. The number of nitrogens with one attached hydrogen (secondary N) is 1. The summed E-state index contributed by atoms with van der Waals surface area (Å²) in [5, 5.41) is 14.7. The average molecular weight is 398 g/mol. The van der Waals surface area contributed by atoms with Gasteiger partial charge in [-0.15, -0.1) is 0 Å². The summed E-state index contributed by atoms with van der Waals surface area (Å²) in [5.74, 6) is 1.51. The molecule has 2 aromatic rings. The second-order valence-corrected chi connectivity index (χ2v) is 8.82. The third kappa shape index (κ3) is 5.72. The summed E-state index contributed by atoms with van der Waals surface area (Å²) >= 11 is 0. The number of aliphatic carboxylic acids is 1. The van der Waals surface area contributed by atoms with Gasteiger partial charge in [0.15, 0.2) is 0 Å². The van der Waals surface area contributed by atoms with Gasteiger partial charge in [0.2, 0.25) is 0 Å². The summed E-state index contributed by atoms with van der Waals surface area (Å²) in [6.45, 7) is 8.27. The van der Waals surface area contributed by atoms with Gasteiger partial charge in [-0.2, -0.15) is 0 Å². The van der Waals surface area contributed by atoms with E-state index in [-0.39, 0.29) is 6.42 Å². The maximum Gasteiger partial charge on any atom is 0.303 e. The number of carboxylic acids is 1. The molecule has 4 nitrogen and oxygen atoms in total. The van der Waals surface area contributed by atoms with Gasteiger partial charge in [0.25, 0.3) is 0 Å². The molecule has 1 aliphatic rings. The fourth-order valence-electron chi connectivity index (χ4n) is 4.39. The Morgan fingerprint density at radius 3 is 2.59 bits per heavy atom. The van der Waals surface area contributed by atoms with Crippen LogP contribution in [0.5, 0.6) is 5.75 Å². The van der Waals surface area contributed by atoms with Crippen molar-refractivity contribution in [1.29, 1.82) is 0 Å². The first-order valence-electron chi connectivity index (χ1n) is 11.1. The third-order valence-corrected chi connectivity index (χ3v) is 6.05. The first-order valence-corrected chi connectivity index (χ1v) is 11.1. The van der Waals surface area contributed by atoms with E-state index in [1.54, 1.807) is 0 Å². The van der Waals surface area contributed by atoms with Crippen molar-refractivity contribution >= 4 is 16.7 Å². The lowest BCUT2D eigenvalue weighted by atomic mass is 9.88. The van der Waals surface area contributed by atoms with Gasteiger partial charge in [-0.05, 0) is 72.9 Å². The fourth-order valence-corrected chi connectivity index (χ4v) is 4.39. The fraction of sp³-hybridized carbons (Fsp3) is 0.560. The van der Waals surface area contributed by atoms with Crippen LogP contribution in [0.3, 0.4) is 0 Å². The van der Waals surface area contributed by atoms with Crippen LogP contribution in [-0.4, -0.2) is 23.7 Å². The number of ether oxygens (including phenoxy) is 1. The van der Waals surface area contributed by atoms with E-state index in [0.29, 0.717) is 25.0 Å². The Balaban J connectivity index is 1.78. The monoisotopic (exact) mass is 397 g/mol. The molecule has 3 rings (SSSR count). The van der Waals surface area contributed by atoms with Crippen molar-refractivity contribution in [3.05, 3.63) is 41.5 Å². The number of carboxylic acid groups (broad SMARTS) is 1. The molecule has 29 heavy (non-hydrogen) atoms. The molecular weight excluding hydrogens is 362 g/mol. The van der Waals surface area contributed by atoms with Gasteiger partial charge in [-0.1, -0.05) is 45.0 Å². The molecule has 4 heteroatoms. The first-order chi connectivity index (χ1) is 14.0. The standard InChI is InChI=1S/C25H35NO3/c1-17(2)25-22-7-4-6-19(16-26-15-5-8-24(27)28)21(22)13-14-23(25)29-20-11-9-18(3)10-12-20/h4,6-7,13-14,17-18,20,26H,5,8-12,15-16H2,1-3H3,(H,27,28). The average Bonchev–Trinajstić information content (AvgIpc) is 2.68. The number of rotatable bonds is 9. The van der Waals surface area contributed by atoms with E-state index in [1.165, 1.54) is 34.7 Å². The quantitative estimate of drug-likeness (QED) is 0.519. The van der Waals surface area contributed by atoms with Gasteiger partial charge in [-0.25, -0.2) is 0 Å². The van der Waals surface area contributed by atoms with E-state index in [0.717, 1.165) is 31.1 Å². The highest BCUT2D eigenvalue weighted by atomic mass is 16.5. The summed E-state index contributed by atoms with van der Waals surface area (Å²) in [5.41, 5.74) is 2.55. The van der Waals surface area contributed by atoms with Crippen molar-refractivity contribution in [2.24, 2.45) is 5.92 Å². The molecule has 0 aromatic heterocycles. The Hall–Kier alpha value is -2.07. The van der Waals surface area contributed by atoms with Crippen LogP contribution in [0.2, 0.25) is 0 Å². The smallest absolute Gasteiger partial charge is 0.303 e. The number of benzene rings is 2. The second kappa shape index (κ2) is 10.1. The minimum atomic E-state index is -0.738. The van der Waals surface area contributed by atoms with E-state index in [1.807, 2.05) is 0 Å². The first kappa shape index (κ1) is 21.6. The Labute approximate surface area is 174 Å². The zero-order valence-corrected chi connectivity index (χ0v) is 18.0. The zero-order chi connectivity index (χ0) is 20.8. The Bertz CT molecular complexity index is 822. The largest absolute Gasteiger partial charge is 0.490 e. The minimum absolute atomic E-state index is 0.209. The normalized spacial score (nSPS) is 19.6. The van der Waals surface area contributed by atoms with Gasteiger partial charge in [0.05, 0.1) is 6.10 Å². The van der Waals surface area contributed by atoms with Crippen molar-refractivity contribution in [2.75, 3.05) is 6.54 Å². The summed E-state index contributed by atoms with van der Waals surface area (Å²) < 4.78 is 6.51. The van der Waals surface area contributed by atoms with Crippen LogP contribution in [0.4, 0.5) is 0 Å². The van der Waals surface area contributed by atoms with Crippen LogP contribution in [-0.2, 0) is 11.3 Å². The predicted molar refractivity (Wildman–Crippen MR) is 119 cm³/mol. The molecule has 0 unspecified atom stereocenters. The van der Waals surface area contributed by atoms with E-state index in [4.69, 9.17) is 9.84 Å². The number of hydrogen-bond donors (Lipinski definition) is 2. The molecule has 0 spiro atoms. The van der Waals surface area contributed by atoms with Gasteiger partial charge in [-0.3, -0.25) is 4.79 Å². The SMILES string of the molecule is CC1CCC(Oc2ccc3c(CNCCCC(=O)O)cccc3c2C(C)C)CC1. The highest BCUT2D eigenvalue weighted by molar-refractivity contribution is 5.91.